The van der Waals surface area contributed by atoms with E-state index < -0.39 is 0 Å². The van der Waals surface area contributed by atoms with E-state index in [4.69, 9.17) is 5.11 Å². The van der Waals surface area contributed by atoms with Crippen LogP contribution >= 0.6 is 0 Å². The highest BCUT2D eigenvalue weighted by atomic mass is 19.1. The molecule has 2 N–H and O–H groups in total. The molecule has 16 heavy (non-hydrogen) atoms. The molecule has 0 bridgehead atoms. The number of halogens is 1. The first kappa shape index (κ1) is 12.6. The van der Waals surface area contributed by atoms with Crippen LogP contribution in [0.15, 0.2) is 24.3 Å². The molecular formula is C12H16FNO2. The zero-order valence-electron chi connectivity index (χ0n) is 9.08. The van der Waals surface area contributed by atoms with Crippen LogP contribution in [0.4, 0.5) is 4.39 Å². The molecule has 0 spiro atoms. The van der Waals surface area contributed by atoms with Gasteiger partial charge < -0.3 is 10.4 Å². The molecule has 0 radical (unpaired) electrons. The number of rotatable bonds is 6. The van der Waals surface area contributed by atoms with Gasteiger partial charge in [0, 0.05) is 13.2 Å². The summed E-state index contributed by atoms with van der Waals surface area (Å²) in [6.45, 7) is 0.650. The molecule has 1 rings (SSSR count). The van der Waals surface area contributed by atoms with E-state index in [2.05, 4.69) is 5.32 Å². The van der Waals surface area contributed by atoms with Crippen LogP contribution in [0.25, 0.3) is 0 Å². The largest absolute Gasteiger partial charge is 0.396 e. The highest BCUT2D eigenvalue weighted by Crippen LogP contribution is 2.06. The van der Waals surface area contributed by atoms with E-state index in [1.54, 1.807) is 18.2 Å². The number of carbonyl (C=O) groups excluding carboxylic acids is 1. The molecule has 88 valence electrons. The molecule has 1 aromatic rings. The zero-order chi connectivity index (χ0) is 11.8. The van der Waals surface area contributed by atoms with Crippen LogP contribution in [0.5, 0.6) is 0 Å². The van der Waals surface area contributed by atoms with Crippen molar-refractivity contribution in [2.24, 2.45) is 0 Å². The number of hydrogen-bond donors (Lipinski definition) is 2. The van der Waals surface area contributed by atoms with E-state index in [0.29, 0.717) is 18.5 Å². The van der Waals surface area contributed by atoms with Gasteiger partial charge in [0.05, 0.1) is 6.42 Å². The van der Waals surface area contributed by atoms with Crippen LogP contribution < -0.4 is 5.32 Å². The molecule has 0 atom stereocenters. The first-order chi connectivity index (χ1) is 7.74. The SMILES string of the molecule is O=C(Cc1ccccc1F)NCCCCO. The number of unbranched alkanes of at least 4 members (excludes halogenated alkanes) is 1. The molecule has 0 fully saturated rings. The number of carbonyl (C=O) groups is 1. The molecule has 0 aliphatic heterocycles. The van der Waals surface area contributed by atoms with Gasteiger partial charge in [-0.1, -0.05) is 18.2 Å². The van der Waals surface area contributed by atoms with Crippen LogP contribution in [0.1, 0.15) is 18.4 Å². The van der Waals surface area contributed by atoms with E-state index in [9.17, 15) is 9.18 Å². The Labute approximate surface area is 94.3 Å². The Morgan fingerprint density at radius 2 is 2.06 bits per heavy atom. The molecule has 0 aliphatic carbocycles. The van der Waals surface area contributed by atoms with Gasteiger partial charge in [-0.15, -0.1) is 0 Å². The quantitative estimate of drug-likeness (QED) is 0.716. The van der Waals surface area contributed by atoms with Gasteiger partial charge in [-0.05, 0) is 24.5 Å². The average molecular weight is 225 g/mol. The Bertz CT molecular complexity index is 342. The maximum Gasteiger partial charge on any atom is 0.224 e. The van der Waals surface area contributed by atoms with Crippen molar-refractivity contribution >= 4 is 5.91 Å². The first-order valence-corrected chi connectivity index (χ1v) is 5.35. The summed E-state index contributed by atoms with van der Waals surface area (Å²) in [4.78, 5) is 11.4. The molecule has 1 aromatic carbocycles. The van der Waals surface area contributed by atoms with Crippen molar-refractivity contribution in [3.8, 4) is 0 Å². The van der Waals surface area contributed by atoms with Crippen molar-refractivity contribution in [1.29, 1.82) is 0 Å². The monoisotopic (exact) mass is 225 g/mol. The first-order valence-electron chi connectivity index (χ1n) is 5.35. The predicted molar refractivity (Wildman–Crippen MR) is 59.4 cm³/mol. The minimum Gasteiger partial charge on any atom is -0.396 e. The molecule has 0 saturated heterocycles. The average Bonchev–Trinajstić information content (AvgIpc) is 2.28. The Morgan fingerprint density at radius 3 is 2.75 bits per heavy atom. The fourth-order valence-electron chi connectivity index (χ4n) is 1.34. The minimum atomic E-state index is -0.354. The summed E-state index contributed by atoms with van der Waals surface area (Å²) in [5, 5.41) is 11.2. The topological polar surface area (TPSA) is 49.3 Å². The van der Waals surface area contributed by atoms with Gasteiger partial charge in [0.1, 0.15) is 5.82 Å². The molecule has 3 nitrogen and oxygen atoms in total. The molecule has 0 aromatic heterocycles. The van der Waals surface area contributed by atoms with E-state index in [0.717, 1.165) is 6.42 Å². The van der Waals surface area contributed by atoms with Gasteiger partial charge in [-0.3, -0.25) is 4.79 Å². The minimum absolute atomic E-state index is 0.0613. The molecule has 0 heterocycles. The highest BCUT2D eigenvalue weighted by Gasteiger charge is 2.06. The Kier molecular flexibility index (Phi) is 5.50. The summed E-state index contributed by atoms with van der Waals surface area (Å²) in [6, 6.07) is 6.24. The van der Waals surface area contributed by atoms with Crippen molar-refractivity contribution in [1.82, 2.24) is 5.32 Å². The molecule has 0 saturated carbocycles. The number of amides is 1. The van der Waals surface area contributed by atoms with Gasteiger partial charge in [-0.25, -0.2) is 4.39 Å². The second-order valence-corrected chi connectivity index (χ2v) is 3.55. The van der Waals surface area contributed by atoms with Crippen LogP contribution in [0.3, 0.4) is 0 Å². The molecule has 1 amide bonds. The summed E-state index contributed by atoms with van der Waals surface area (Å²) >= 11 is 0. The lowest BCUT2D eigenvalue weighted by Crippen LogP contribution is -2.26. The van der Waals surface area contributed by atoms with Crippen LogP contribution in [-0.2, 0) is 11.2 Å². The van der Waals surface area contributed by atoms with Crippen molar-refractivity contribution < 1.29 is 14.3 Å². The lowest BCUT2D eigenvalue weighted by Gasteiger charge is -2.05. The van der Waals surface area contributed by atoms with Crippen molar-refractivity contribution in [3.05, 3.63) is 35.6 Å². The van der Waals surface area contributed by atoms with Gasteiger partial charge in [0.25, 0.3) is 0 Å². The maximum absolute atomic E-state index is 13.2. The highest BCUT2D eigenvalue weighted by molar-refractivity contribution is 5.78. The number of aliphatic hydroxyl groups excluding tert-OH is 1. The Hall–Kier alpha value is -1.42. The summed E-state index contributed by atoms with van der Waals surface area (Å²) < 4.78 is 13.2. The molecule has 0 aliphatic rings. The maximum atomic E-state index is 13.2. The van der Waals surface area contributed by atoms with Crippen LogP contribution in [0.2, 0.25) is 0 Å². The summed E-state index contributed by atoms with van der Waals surface area (Å²) in [5.74, 6) is -0.545. The van der Waals surface area contributed by atoms with E-state index >= 15 is 0 Å². The normalized spacial score (nSPS) is 10.1. The number of nitrogens with one attached hydrogen (secondary N) is 1. The smallest absolute Gasteiger partial charge is 0.224 e. The van der Waals surface area contributed by atoms with Crippen molar-refractivity contribution in [2.75, 3.05) is 13.2 Å². The Morgan fingerprint density at radius 1 is 1.31 bits per heavy atom. The van der Waals surface area contributed by atoms with Gasteiger partial charge >= 0.3 is 0 Å². The van der Waals surface area contributed by atoms with Crippen LogP contribution in [-0.4, -0.2) is 24.2 Å². The summed E-state index contributed by atoms with van der Waals surface area (Å²) in [5.41, 5.74) is 0.405. The van der Waals surface area contributed by atoms with Gasteiger partial charge in [-0.2, -0.15) is 0 Å². The predicted octanol–water partition coefficient (Wildman–Crippen LogP) is 1.26. The standard InChI is InChI=1S/C12H16FNO2/c13-11-6-2-1-5-10(11)9-12(16)14-7-3-4-8-15/h1-2,5-6,15H,3-4,7-9H2,(H,14,16). The summed E-state index contributed by atoms with van der Waals surface area (Å²) in [7, 11) is 0. The molecule has 0 unspecified atom stereocenters. The molecular weight excluding hydrogens is 209 g/mol. The lowest BCUT2D eigenvalue weighted by molar-refractivity contribution is -0.120. The lowest BCUT2D eigenvalue weighted by atomic mass is 10.1. The van der Waals surface area contributed by atoms with E-state index in [1.807, 2.05) is 0 Å². The second-order valence-electron chi connectivity index (χ2n) is 3.55. The third-order valence-electron chi connectivity index (χ3n) is 2.22. The fraction of sp³-hybridized carbons (Fsp3) is 0.417. The van der Waals surface area contributed by atoms with E-state index in [1.165, 1.54) is 6.07 Å². The number of benzene rings is 1. The third kappa shape index (κ3) is 4.40. The van der Waals surface area contributed by atoms with E-state index in [-0.39, 0.29) is 24.8 Å². The second kappa shape index (κ2) is 6.95. The molecule has 4 heteroatoms. The van der Waals surface area contributed by atoms with Crippen LogP contribution in [0, 0.1) is 5.82 Å². The fourth-order valence-corrected chi connectivity index (χ4v) is 1.34. The number of hydrogen-bond acceptors (Lipinski definition) is 2. The van der Waals surface area contributed by atoms with Gasteiger partial charge in [0.2, 0.25) is 5.91 Å². The van der Waals surface area contributed by atoms with Crippen molar-refractivity contribution in [3.63, 3.8) is 0 Å². The third-order valence-corrected chi connectivity index (χ3v) is 2.22. The van der Waals surface area contributed by atoms with Crippen molar-refractivity contribution in [2.45, 2.75) is 19.3 Å². The van der Waals surface area contributed by atoms with Gasteiger partial charge in [0.15, 0.2) is 0 Å². The summed E-state index contributed by atoms with van der Waals surface area (Å²) in [6.07, 6.45) is 1.46. The Balaban J connectivity index is 2.32. The number of aliphatic hydroxyl groups is 1. The zero-order valence-corrected chi connectivity index (χ0v) is 9.08.